The predicted octanol–water partition coefficient (Wildman–Crippen LogP) is 3.02. The number of hydrogen-bond acceptors (Lipinski definition) is 5. The molecular formula is C20H24N2O5. The summed E-state index contributed by atoms with van der Waals surface area (Å²) in [5.74, 6) is 2.13. The Morgan fingerprint density at radius 3 is 2.59 bits per heavy atom. The molecule has 0 radical (unpaired) electrons. The van der Waals surface area contributed by atoms with Crippen LogP contribution in [-0.4, -0.2) is 57.6 Å². The zero-order valence-electron chi connectivity index (χ0n) is 15.5. The minimum Gasteiger partial charge on any atom is -0.497 e. The van der Waals surface area contributed by atoms with Crippen molar-refractivity contribution in [1.82, 2.24) is 4.90 Å². The standard InChI is InChI=1S/C20H24N2O5/c1-24-16-6-3-5-15(11-16)21-20(23)22-9-10-26-19(13-22)14-27-18-8-4-7-17(12-18)25-2/h3-8,11-12,19H,9-10,13-14H2,1-2H3,(H,21,23). The smallest absolute Gasteiger partial charge is 0.322 e. The highest BCUT2D eigenvalue weighted by molar-refractivity contribution is 5.89. The van der Waals surface area contributed by atoms with Gasteiger partial charge in [0.25, 0.3) is 0 Å². The Bertz CT molecular complexity index is 768. The van der Waals surface area contributed by atoms with Gasteiger partial charge in [-0.15, -0.1) is 0 Å². The second-order valence-electron chi connectivity index (χ2n) is 6.09. The zero-order chi connectivity index (χ0) is 19.1. The van der Waals surface area contributed by atoms with Gasteiger partial charge in [0.2, 0.25) is 0 Å². The van der Waals surface area contributed by atoms with Crippen molar-refractivity contribution >= 4 is 11.7 Å². The maximum absolute atomic E-state index is 12.5. The second kappa shape index (κ2) is 9.14. The number of nitrogens with zero attached hydrogens (tertiary/aromatic N) is 1. The van der Waals surface area contributed by atoms with Crippen molar-refractivity contribution in [2.24, 2.45) is 0 Å². The summed E-state index contributed by atoms with van der Waals surface area (Å²) in [6.07, 6.45) is -0.194. The Kier molecular flexibility index (Phi) is 6.38. The summed E-state index contributed by atoms with van der Waals surface area (Å²) >= 11 is 0. The van der Waals surface area contributed by atoms with Crippen LogP contribution in [0.25, 0.3) is 0 Å². The maximum Gasteiger partial charge on any atom is 0.322 e. The van der Waals surface area contributed by atoms with Crippen molar-refractivity contribution in [3.8, 4) is 17.2 Å². The molecule has 27 heavy (non-hydrogen) atoms. The first-order chi connectivity index (χ1) is 13.2. The SMILES string of the molecule is COc1cccc(NC(=O)N2CCOC(COc3cccc(OC)c3)C2)c1. The number of nitrogens with one attached hydrogen (secondary N) is 1. The van der Waals surface area contributed by atoms with E-state index in [1.54, 1.807) is 25.2 Å². The van der Waals surface area contributed by atoms with E-state index in [0.717, 1.165) is 5.75 Å². The monoisotopic (exact) mass is 372 g/mol. The molecule has 2 amide bonds. The second-order valence-corrected chi connectivity index (χ2v) is 6.09. The van der Waals surface area contributed by atoms with E-state index in [2.05, 4.69) is 5.32 Å². The van der Waals surface area contributed by atoms with Gasteiger partial charge >= 0.3 is 6.03 Å². The summed E-state index contributed by atoms with van der Waals surface area (Å²) in [6, 6.07) is 14.5. The van der Waals surface area contributed by atoms with Crippen LogP contribution >= 0.6 is 0 Å². The highest BCUT2D eigenvalue weighted by Crippen LogP contribution is 2.20. The normalized spacial score (nSPS) is 16.5. The fourth-order valence-corrected chi connectivity index (χ4v) is 2.79. The molecule has 0 spiro atoms. The number of benzene rings is 2. The lowest BCUT2D eigenvalue weighted by atomic mass is 10.2. The predicted molar refractivity (Wildman–Crippen MR) is 102 cm³/mol. The Hall–Kier alpha value is -2.93. The number of carbonyl (C=O) groups excluding carboxylic acids is 1. The number of anilines is 1. The number of methoxy groups -OCH3 is 2. The number of rotatable bonds is 6. The molecule has 0 bridgehead atoms. The summed E-state index contributed by atoms with van der Waals surface area (Å²) < 4.78 is 21.9. The van der Waals surface area contributed by atoms with E-state index in [1.165, 1.54) is 0 Å². The number of urea groups is 1. The zero-order valence-corrected chi connectivity index (χ0v) is 15.5. The van der Waals surface area contributed by atoms with Crippen molar-refractivity contribution in [3.63, 3.8) is 0 Å². The van der Waals surface area contributed by atoms with Gasteiger partial charge in [-0.05, 0) is 24.3 Å². The molecule has 1 heterocycles. The highest BCUT2D eigenvalue weighted by Gasteiger charge is 2.25. The molecule has 7 heteroatoms. The summed E-state index contributed by atoms with van der Waals surface area (Å²) in [5, 5.41) is 2.89. The van der Waals surface area contributed by atoms with Crippen LogP contribution < -0.4 is 19.5 Å². The summed E-state index contributed by atoms with van der Waals surface area (Å²) in [7, 11) is 3.21. The highest BCUT2D eigenvalue weighted by atomic mass is 16.5. The third kappa shape index (κ3) is 5.27. The number of amides is 2. The van der Waals surface area contributed by atoms with Crippen LogP contribution in [0.4, 0.5) is 10.5 Å². The van der Waals surface area contributed by atoms with Gasteiger partial charge in [-0.25, -0.2) is 4.79 Å². The molecule has 7 nitrogen and oxygen atoms in total. The molecule has 0 aromatic heterocycles. The van der Waals surface area contributed by atoms with Crippen molar-refractivity contribution in [2.75, 3.05) is 45.8 Å². The molecule has 1 unspecified atom stereocenters. The molecule has 1 N–H and O–H groups in total. The lowest BCUT2D eigenvalue weighted by Crippen LogP contribution is -2.49. The van der Waals surface area contributed by atoms with Crippen molar-refractivity contribution in [2.45, 2.75) is 6.10 Å². The Labute approximate surface area is 158 Å². The Morgan fingerprint density at radius 1 is 1.11 bits per heavy atom. The van der Waals surface area contributed by atoms with E-state index in [-0.39, 0.29) is 12.1 Å². The van der Waals surface area contributed by atoms with Crippen LogP contribution in [0.2, 0.25) is 0 Å². The molecule has 1 atom stereocenters. The average molecular weight is 372 g/mol. The van der Waals surface area contributed by atoms with Crippen LogP contribution in [0.3, 0.4) is 0 Å². The third-order valence-corrected chi connectivity index (χ3v) is 4.22. The summed E-state index contributed by atoms with van der Waals surface area (Å²) in [5.41, 5.74) is 0.690. The lowest BCUT2D eigenvalue weighted by molar-refractivity contribution is -0.0337. The van der Waals surface area contributed by atoms with Gasteiger partial charge in [-0.1, -0.05) is 12.1 Å². The van der Waals surface area contributed by atoms with Crippen LogP contribution in [0.1, 0.15) is 0 Å². The van der Waals surface area contributed by atoms with E-state index in [9.17, 15) is 4.79 Å². The van der Waals surface area contributed by atoms with Gasteiger partial charge in [0.05, 0.1) is 27.4 Å². The topological polar surface area (TPSA) is 69.3 Å². The molecule has 2 aromatic rings. The molecular weight excluding hydrogens is 348 g/mol. The molecule has 2 aromatic carbocycles. The molecule has 0 aliphatic carbocycles. The fourth-order valence-electron chi connectivity index (χ4n) is 2.79. The van der Waals surface area contributed by atoms with Crippen LogP contribution in [0.5, 0.6) is 17.2 Å². The van der Waals surface area contributed by atoms with Crippen molar-refractivity contribution in [3.05, 3.63) is 48.5 Å². The van der Waals surface area contributed by atoms with Crippen LogP contribution in [-0.2, 0) is 4.74 Å². The van der Waals surface area contributed by atoms with Gasteiger partial charge in [0.1, 0.15) is 30.0 Å². The van der Waals surface area contributed by atoms with Gasteiger partial charge in [0, 0.05) is 24.4 Å². The van der Waals surface area contributed by atoms with E-state index in [1.807, 2.05) is 42.5 Å². The minimum atomic E-state index is -0.194. The summed E-state index contributed by atoms with van der Waals surface area (Å²) in [6.45, 7) is 1.82. The third-order valence-electron chi connectivity index (χ3n) is 4.22. The molecule has 0 saturated carbocycles. The molecule has 1 fully saturated rings. The molecule has 1 aliphatic rings. The van der Waals surface area contributed by atoms with Gasteiger partial charge < -0.3 is 29.2 Å². The molecule has 1 saturated heterocycles. The molecule has 1 aliphatic heterocycles. The maximum atomic E-state index is 12.5. The van der Waals surface area contributed by atoms with Crippen molar-refractivity contribution in [1.29, 1.82) is 0 Å². The van der Waals surface area contributed by atoms with Gasteiger partial charge in [-0.3, -0.25) is 0 Å². The van der Waals surface area contributed by atoms with Gasteiger partial charge in [-0.2, -0.15) is 0 Å². The van der Waals surface area contributed by atoms with Crippen LogP contribution in [0.15, 0.2) is 48.5 Å². The number of hydrogen-bond donors (Lipinski definition) is 1. The molecule has 144 valence electrons. The quantitative estimate of drug-likeness (QED) is 0.844. The number of ether oxygens (including phenoxy) is 4. The Balaban J connectivity index is 1.52. The first kappa shape index (κ1) is 18.8. The lowest BCUT2D eigenvalue weighted by Gasteiger charge is -2.32. The first-order valence-corrected chi connectivity index (χ1v) is 8.76. The summed E-state index contributed by atoms with van der Waals surface area (Å²) in [4.78, 5) is 14.3. The largest absolute Gasteiger partial charge is 0.497 e. The van der Waals surface area contributed by atoms with Crippen molar-refractivity contribution < 1.29 is 23.7 Å². The first-order valence-electron chi connectivity index (χ1n) is 8.76. The van der Waals surface area contributed by atoms with Gasteiger partial charge in [0.15, 0.2) is 0 Å². The molecule has 3 rings (SSSR count). The van der Waals surface area contributed by atoms with E-state index < -0.39 is 0 Å². The Morgan fingerprint density at radius 2 is 1.81 bits per heavy atom. The van der Waals surface area contributed by atoms with E-state index in [0.29, 0.717) is 43.5 Å². The minimum absolute atomic E-state index is 0.169. The number of carbonyl (C=O) groups is 1. The average Bonchev–Trinajstić information content (AvgIpc) is 2.72. The van der Waals surface area contributed by atoms with Crippen LogP contribution in [0, 0.1) is 0 Å². The fraction of sp³-hybridized carbons (Fsp3) is 0.350. The number of morpholine rings is 1. The van der Waals surface area contributed by atoms with E-state index in [4.69, 9.17) is 18.9 Å². The van der Waals surface area contributed by atoms with E-state index >= 15 is 0 Å².